The molecule has 1 heterocycles. The molecule has 0 aliphatic carbocycles. The number of ether oxygens (including phenoxy) is 2. The Hall–Kier alpha value is -2.01. The zero-order valence-electron chi connectivity index (χ0n) is 12.3. The normalized spacial score (nSPS) is 15.4. The zero-order valence-corrected chi connectivity index (χ0v) is 14.6. The summed E-state index contributed by atoms with van der Waals surface area (Å²) in [5.41, 5.74) is 1.22. The molecule has 0 atom stereocenters. The number of esters is 1. The fraction of sp³-hybridized carbons (Fsp3) is 0.0588. The number of carbonyl (C=O) groups is 1. The lowest BCUT2D eigenvalue weighted by molar-refractivity contribution is -0.129. The van der Waals surface area contributed by atoms with Gasteiger partial charge in [0.2, 0.25) is 5.90 Å². The molecule has 0 saturated carbocycles. The van der Waals surface area contributed by atoms with Crippen LogP contribution in [-0.2, 0) is 9.53 Å². The molecule has 7 heteroatoms. The fourth-order valence-corrected chi connectivity index (χ4v) is 2.77. The van der Waals surface area contributed by atoms with Gasteiger partial charge in [-0.1, -0.05) is 40.9 Å². The van der Waals surface area contributed by atoms with Crippen LogP contribution in [0.3, 0.4) is 0 Å². The van der Waals surface area contributed by atoms with Crippen LogP contribution in [0.4, 0.5) is 0 Å². The molecule has 0 radical (unpaired) electrons. The number of carbonyl (C=O) groups excluding carboxylic acids is 1. The average Bonchev–Trinajstić information content (AvgIpc) is 2.91. The van der Waals surface area contributed by atoms with Crippen LogP contribution in [0.15, 0.2) is 47.1 Å². The van der Waals surface area contributed by atoms with Crippen LogP contribution in [0.2, 0.25) is 15.1 Å². The van der Waals surface area contributed by atoms with Crippen molar-refractivity contribution in [3.8, 4) is 5.75 Å². The maximum Gasteiger partial charge on any atom is 0.363 e. The number of rotatable bonds is 3. The number of benzene rings is 2. The molecule has 0 bridgehead atoms. The molecule has 3 rings (SSSR count). The van der Waals surface area contributed by atoms with Gasteiger partial charge in [0, 0.05) is 15.1 Å². The van der Waals surface area contributed by atoms with E-state index in [9.17, 15) is 4.79 Å². The highest BCUT2D eigenvalue weighted by Crippen LogP contribution is 2.29. The summed E-state index contributed by atoms with van der Waals surface area (Å²) in [6, 6.07) is 9.91. The van der Waals surface area contributed by atoms with Gasteiger partial charge in [-0.15, -0.1) is 0 Å². The number of methoxy groups -OCH3 is 1. The summed E-state index contributed by atoms with van der Waals surface area (Å²) in [6.07, 6.45) is 1.53. The summed E-state index contributed by atoms with van der Waals surface area (Å²) in [4.78, 5) is 16.3. The molecule has 1 aliphatic heterocycles. The minimum Gasteiger partial charge on any atom is -0.496 e. The Kier molecular flexibility index (Phi) is 4.81. The van der Waals surface area contributed by atoms with Crippen LogP contribution in [0.1, 0.15) is 11.1 Å². The summed E-state index contributed by atoms with van der Waals surface area (Å²) in [5, 5.41) is 1.39. The van der Waals surface area contributed by atoms with Crippen molar-refractivity contribution >= 4 is 52.7 Å². The third-order valence-corrected chi connectivity index (χ3v) is 4.06. The Morgan fingerprint density at radius 2 is 1.79 bits per heavy atom. The highest BCUT2D eigenvalue weighted by molar-refractivity contribution is 6.35. The van der Waals surface area contributed by atoms with Crippen molar-refractivity contribution in [1.82, 2.24) is 0 Å². The first-order valence-corrected chi connectivity index (χ1v) is 7.93. The van der Waals surface area contributed by atoms with Gasteiger partial charge in [-0.25, -0.2) is 9.79 Å². The summed E-state index contributed by atoms with van der Waals surface area (Å²) < 4.78 is 10.5. The molecule has 2 aromatic carbocycles. The lowest BCUT2D eigenvalue weighted by Gasteiger charge is -2.07. The van der Waals surface area contributed by atoms with E-state index in [1.54, 1.807) is 36.4 Å². The average molecular weight is 383 g/mol. The highest BCUT2D eigenvalue weighted by Gasteiger charge is 2.26. The quantitative estimate of drug-likeness (QED) is 0.554. The minimum atomic E-state index is -0.585. The number of hydrogen-bond donors (Lipinski definition) is 0. The van der Waals surface area contributed by atoms with Crippen LogP contribution in [0, 0.1) is 0 Å². The van der Waals surface area contributed by atoms with Crippen molar-refractivity contribution in [1.29, 1.82) is 0 Å². The number of halogens is 3. The molecule has 0 fully saturated rings. The second kappa shape index (κ2) is 6.85. The van der Waals surface area contributed by atoms with Crippen molar-refractivity contribution < 1.29 is 14.3 Å². The summed E-state index contributed by atoms with van der Waals surface area (Å²) >= 11 is 18.0. The molecule has 0 aromatic heterocycles. The van der Waals surface area contributed by atoms with E-state index in [2.05, 4.69) is 4.99 Å². The van der Waals surface area contributed by atoms with E-state index in [0.717, 1.165) is 0 Å². The molecular weight excluding hydrogens is 373 g/mol. The molecule has 0 spiro atoms. The van der Waals surface area contributed by atoms with Crippen molar-refractivity contribution in [2.24, 2.45) is 4.99 Å². The lowest BCUT2D eigenvalue weighted by atomic mass is 10.2. The van der Waals surface area contributed by atoms with Gasteiger partial charge in [-0.2, -0.15) is 0 Å². The molecule has 0 unspecified atom stereocenters. The molecule has 0 amide bonds. The van der Waals surface area contributed by atoms with Crippen LogP contribution in [-0.4, -0.2) is 19.0 Å². The van der Waals surface area contributed by atoms with Crippen molar-refractivity contribution in [2.45, 2.75) is 0 Å². The van der Waals surface area contributed by atoms with Crippen LogP contribution >= 0.6 is 34.8 Å². The van der Waals surface area contributed by atoms with Gasteiger partial charge in [0.05, 0.1) is 12.7 Å². The molecule has 0 saturated heterocycles. The van der Waals surface area contributed by atoms with E-state index in [-0.39, 0.29) is 11.6 Å². The van der Waals surface area contributed by atoms with Gasteiger partial charge < -0.3 is 9.47 Å². The largest absolute Gasteiger partial charge is 0.496 e. The van der Waals surface area contributed by atoms with Crippen molar-refractivity contribution in [2.75, 3.05) is 7.11 Å². The topological polar surface area (TPSA) is 47.9 Å². The Labute approximate surface area is 153 Å². The zero-order chi connectivity index (χ0) is 17.3. The Balaban J connectivity index is 2.02. The molecule has 24 heavy (non-hydrogen) atoms. The fourth-order valence-electron chi connectivity index (χ4n) is 2.14. The van der Waals surface area contributed by atoms with Gasteiger partial charge in [0.25, 0.3) is 0 Å². The highest BCUT2D eigenvalue weighted by atomic mass is 35.5. The Bertz CT molecular complexity index is 891. The van der Waals surface area contributed by atoms with Gasteiger partial charge in [0.15, 0.2) is 5.70 Å². The van der Waals surface area contributed by atoms with Crippen molar-refractivity contribution in [3.05, 3.63) is 68.3 Å². The number of aliphatic imine (C=N–C) groups is 1. The van der Waals surface area contributed by atoms with E-state index in [1.165, 1.54) is 13.2 Å². The Morgan fingerprint density at radius 3 is 2.50 bits per heavy atom. The summed E-state index contributed by atoms with van der Waals surface area (Å²) in [7, 11) is 1.51. The monoisotopic (exact) mass is 381 g/mol. The van der Waals surface area contributed by atoms with Crippen LogP contribution < -0.4 is 4.74 Å². The maximum absolute atomic E-state index is 12.1. The molecule has 1 aliphatic rings. The molecule has 2 aromatic rings. The molecular formula is C17H10Cl3NO3. The summed E-state index contributed by atoms with van der Waals surface area (Å²) in [5.74, 6) is 0.0328. The molecule has 4 nitrogen and oxygen atoms in total. The predicted molar refractivity (Wildman–Crippen MR) is 95.1 cm³/mol. The summed E-state index contributed by atoms with van der Waals surface area (Å²) in [6.45, 7) is 0. The van der Waals surface area contributed by atoms with Crippen LogP contribution in [0.25, 0.3) is 6.08 Å². The predicted octanol–water partition coefficient (Wildman–Crippen LogP) is 5.00. The molecule has 122 valence electrons. The number of nitrogens with zero attached hydrogens (tertiary/aromatic N) is 1. The van der Waals surface area contributed by atoms with E-state index in [0.29, 0.717) is 31.9 Å². The number of cyclic esters (lactones) is 1. The first kappa shape index (κ1) is 16.8. The second-order valence-corrected chi connectivity index (χ2v) is 6.13. The van der Waals surface area contributed by atoms with E-state index >= 15 is 0 Å². The molecule has 0 N–H and O–H groups in total. The minimum absolute atomic E-state index is 0.121. The van der Waals surface area contributed by atoms with Gasteiger partial charge in [-0.3, -0.25) is 0 Å². The first-order valence-electron chi connectivity index (χ1n) is 6.79. The second-order valence-electron chi connectivity index (χ2n) is 4.85. The maximum atomic E-state index is 12.1. The first-order chi connectivity index (χ1) is 11.5. The Morgan fingerprint density at radius 1 is 1.08 bits per heavy atom. The third kappa shape index (κ3) is 3.41. The van der Waals surface area contributed by atoms with E-state index in [1.807, 2.05) is 0 Å². The third-order valence-electron chi connectivity index (χ3n) is 3.27. The van der Waals surface area contributed by atoms with Crippen LogP contribution in [0.5, 0.6) is 5.75 Å². The van der Waals surface area contributed by atoms with E-state index in [4.69, 9.17) is 44.3 Å². The van der Waals surface area contributed by atoms with Gasteiger partial charge in [0.1, 0.15) is 5.75 Å². The lowest BCUT2D eigenvalue weighted by Crippen LogP contribution is -2.07. The van der Waals surface area contributed by atoms with Crippen molar-refractivity contribution in [3.63, 3.8) is 0 Å². The number of hydrogen-bond acceptors (Lipinski definition) is 4. The van der Waals surface area contributed by atoms with Gasteiger partial charge >= 0.3 is 5.97 Å². The van der Waals surface area contributed by atoms with E-state index < -0.39 is 5.97 Å². The smallest absolute Gasteiger partial charge is 0.363 e. The van der Waals surface area contributed by atoms with Gasteiger partial charge in [-0.05, 0) is 42.0 Å². The SMILES string of the molecule is COc1ccc(Cl)cc1C1=N/C(=C/c2ccc(Cl)cc2Cl)C(=O)O1. The standard InChI is InChI=1S/C17H10Cl3NO3/c1-23-15-5-4-10(18)7-12(15)16-21-14(17(22)24-16)6-9-2-3-11(19)8-13(9)20/h2-8H,1H3/b14-6+.